The van der Waals surface area contributed by atoms with E-state index in [0.717, 1.165) is 66.3 Å². The van der Waals surface area contributed by atoms with E-state index in [2.05, 4.69) is 250 Å². The van der Waals surface area contributed by atoms with Gasteiger partial charge < -0.3 is 13.7 Å². The Bertz CT molecular complexity index is 3910. The van der Waals surface area contributed by atoms with Crippen LogP contribution in [-0.4, -0.2) is 21.8 Å². The second-order valence-electron chi connectivity index (χ2n) is 17.1. The first-order valence-corrected chi connectivity index (χ1v) is 24.5. The number of aromatic nitrogens is 3. The van der Waals surface area contributed by atoms with Gasteiger partial charge in [-0.25, -0.2) is 0 Å². The molecule has 0 aliphatic rings. The smallest absolute Gasteiger partial charge is 0.179 e. The zero-order valence-electron chi connectivity index (χ0n) is 35.9. The van der Waals surface area contributed by atoms with E-state index in [1.165, 1.54) is 36.9 Å². The maximum atomic E-state index is 10.7. The van der Waals surface area contributed by atoms with Gasteiger partial charge in [0.25, 0.3) is 0 Å². The van der Waals surface area contributed by atoms with Gasteiger partial charge in [-0.05, 0) is 93.5 Å². The molecule has 3 aromatic heterocycles. The zero-order chi connectivity index (χ0) is 43.8. The highest BCUT2D eigenvalue weighted by Crippen LogP contribution is 2.42. The van der Waals surface area contributed by atoms with Crippen LogP contribution in [0.15, 0.2) is 243 Å². The highest BCUT2D eigenvalue weighted by Gasteiger charge is 2.41. The van der Waals surface area contributed by atoms with Crippen LogP contribution < -0.4 is 20.7 Å². The zero-order valence-corrected chi connectivity index (χ0v) is 36.9. The molecule has 0 unspecified atom stereocenters. The second kappa shape index (κ2) is 15.0. The summed E-state index contributed by atoms with van der Waals surface area (Å²) >= 11 is 0. The Morgan fingerprint density at radius 2 is 0.727 bits per heavy atom. The molecular formula is C61H40N4Si. The third-order valence-electron chi connectivity index (χ3n) is 13.8. The average molecular weight is 857 g/mol. The van der Waals surface area contributed by atoms with Crippen molar-refractivity contribution in [1.29, 1.82) is 5.26 Å². The molecule has 0 saturated carbocycles. The standard InChI is InChI=1S/C61H40N4Si/c62-41-42-19-16-34-57-60(42)61-58(35-18-36-59(61)65-54-32-14-10-28-49(54)50-29-11-15-33-55(50)65)64(57)44-37-38-56-52(40-44)51-30-12-13-31-53(51)63(56)43-20-17-27-48(39-43)66(45-21-4-1-5-22-45,46-23-6-2-7-24-46)47-25-8-3-9-26-47/h1-40H. The van der Waals surface area contributed by atoms with Gasteiger partial charge in [0.05, 0.1) is 50.4 Å². The molecule has 0 aliphatic carbocycles. The molecule has 0 radical (unpaired) electrons. The summed E-state index contributed by atoms with van der Waals surface area (Å²) in [6.45, 7) is 0. The third kappa shape index (κ3) is 5.43. The van der Waals surface area contributed by atoms with Crippen molar-refractivity contribution in [3.8, 4) is 23.1 Å². The molecule has 0 N–H and O–H groups in total. The molecule has 13 aromatic rings. The number of hydrogen-bond donors (Lipinski definition) is 0. The van der Waals surface area contributed by atoms with Gasteiger partial charge in [-0.15, -0.1) is 0 Å². The van der Waals surface area contributed by atoms with E-state index < -0.39 is 8.07 Å². The molecule has 13 rings (SSSR count). The Morgan fingerprint density at radius 1 is 0.303 bits per heavy atom. The number of hydrogen-bond acceptors (Lipinski definition) is 1. The summed E-state index contributed by atoms with van der Waals surface area (Å²) < 4.78 is 7.17. The third-order valence-corrected chi connectivity index (χ3v) is 18.6. The summed E-state index contributed by atoms with van der Waals surface area (Å²) in [5.74, 6) is 0. The van der Waals surface area contributed by atoms with Gasteiger partial charge >= 0.3 is 0 Å². The van der Waals surface area contributed by atoms with E-state index in [9.17, 15) is 5.26 Å². The Kier molecular flexibility index (Phi) is 8.57. The Hall–Kier alpha value is -8.69. The minimum absolute atomic E-state index is 0.656. The number of nitriles is 1. The normalized spacial score (nSPS) is 11.9. The summed E-state index contributed by atoms with van der Waals surface area (Å²) in [4.78, 5) is 0. The van der Waals surface area contributed by atoms with Gasteiger partial charge in [0.2, 0.25) is 0 Å². The van der Waals surface area contributed by atoms with E-state index in [1.54, 1.807) is 0 Å². The van der Waals surface area contributed by atoms with E-state index in [1.807, 2.05) is 12.1 Å². The molecule has 0 atom stereocenters. The van der Waals surface area contributed by atoms with Gasteiger partial charge in [-0.2, -0.15) is 5.26 Å². The van der Waals surface area contributed by atoms with Crippen LogP contribution in [0.4, 0.5) is 0 Å². The van der Waals surface area contributed by atoms with Gasteiger partial charge in [0.1, 0.15) is 0 Å². The van der Waals surface area contributed by atoms with Crippen molar-refractivity contribution in [1.82, 2.24) is 13.7 Å². The summed E-state index contributed by atoms with van der Waals surface area (Å²) in [5.41, 5.74) is 10.5. The van der Waals surface area contributed by atoms with Crippen LogP contribution in [0.3, 0.4) is 0 Å². The van der Waals surface area contributed by atoms with Crippen molar-refractivity contribution in [3.05, 3.63) is 248 Å². The molecule has 66 heavy (non-hydrogen) atoms. The summed E-state index contributed by atoms with van der Waals surface area (Å²) in [7, 11) is -2.78. The first-order chi connectivity index (χ1) is 32.7. The second-order valence-corrected chi connectivity index (χ2v) is 20.9. The molecule has 0 bridgehead atoms. The van der Waals surface area contributed by atoms with E-state index in [-0.39, 0.29) is 0 Å². The van der Waals surface area contributed by atoms with Crippen molar-refractivity contribution < 1.29 is 0 Å². The van der Waals surface area contributed by atoms with Gasteiger partial charge in [-0.3, -0.25) is 0 Å². The lowest BCUT2D eigenvalue weighted by Crippen LogP contribution is -2.74. The van der Waals surface area contributed by atoms with Crippen LogP contribution in [0.5, 0.6) is 0 Å². The Labute approximate surface area is 382 Å². The Morgan fingerprint density at radius 3 is 1.32 bits per heavy atom. The molecule has 0 spiro atoms. The first kappa shape index (κ1) is 37.8. The maximum absolute atomic E-state index is 10.7. The fraction of sp³-hybridized carbons (Fsp3) is 0. The number of nitrogens with zero attached hydrogens (tertiary/aromatic N) is 4. The molecule has 3 heterocycles. The highest BCUT2D eigenvalue weighted by atomic mass is 28.3. The number of rotatable bonds is 7. The van der Waals surface area contributed by atoms with Crippen LogP contribution in [0, 0.1) is 11.3 Å². The van der Waals surface area contributed by atoms with Crippen LogP contribution in [0.2, 0.25) is 0 Å². The molecular weight excluding hydrogens is 817 g/mol. The summed E-state index contributed by atoms with van der Waals surface area (Å²) in [6, 6.07) is 90.8. The lowest BCUT2D eigenvalue weighted by atomic mass is 10.1. The van der Waals surface area contributed by atoms with Gasteiger partial charge in [0.15, 0.2) is 8.07 Å². The number of para-hydroxylation sites is 3. The number of fused-ring (bicyclic) bond motifs is 9. The van der Waals surface area contributed by atoms with Crippen molar-refractivity contribution in [3.63, 3.8) is 0 Å². The van der Waals surface area contributed by atoms with Crippen LogP contribution in [-0.2, 0) is 0 Å². The fourth-order valence-electron chi connectivity index (χ4n) is 11.2. The SMILES string of the molecule is N#Cc1cccc2c1c1c(-n3c4ccccc4c4ccccc43)cccc1n2-c1ccc2c(c1)c1ccccc1n2-c1cccc([Si](c2ccccc2)(c2ccccc2)c2ccccc2)c1. The quantitative estimate of drug-likeness (QED) is 0.116. The van der Waals surface area contributed by atoms with Crippen LogP contribution in [0.1, 0.15) is 5.56 Å². The van der Waals surface area contributed by atoms with E-state index in [4.69, 9.17) is 0 Å². The minimum atomic E-state index is -2.78. The van der Waals surface area contributed by atoms with Crippen LogP contribution >= 0.6 is 0 Å². The molecule has 0 aliphatic heterocycles. The highest BCUT2D eigenvalue weighted by molar-refractivity contribution is 7.19. The monoisotopic (exact) mass is 856 g/mol. The van der Waals surface area contributed by atoms with Gasteiger partial charge in [-0.1, -0.05) is 170 Å². The summed E-state index contributed by atoms with van der Waals surface area (Å²) in [6.07, 6.45) is 0. The van der Waals surface area contributed by atoms with E-state index >= 15 is 0 Å². The lowest BCUT2D eigenvalue weighted by Gasteiger charge is -2.34. The lowest BCUT2D eigenvalue weighted by molar-refractivity contribution is 1.16. The van der Waals surface area contributed by atoms with Crippen molar-refractivity contribution in [2.24, 2.45) is 0 Å². The molecule has 0 fully saturated rings. The van der Waals surface area contributed by atoms with Crippen molar-refractivity contribution in [2.75, 3.05) is 0 Å². The fourth-order valence-corrected chi connectivity index (χ4v) is 15.9. The summed E-state index contributed by atoms with van der Waals surface area (Å²) in [5, 5.41) is 22.8. The molecule has 10 aromatic carbocycles. The van der Waals surface area contributed by atoms with E-state index in [0.29, 0.717) is 5.56 Å². The van der Waals surface area contributed by atoms with Crippen LogP contribution in [0.25, 0.3) is 82.5 Å². The Balaban J connectivity index is 1.05. The molecule has 5 heteroatoms. The van der Waals surface area contributed by atoms with Crippen molar-refractivity contribution >= 4 is 94.2 Å². The largest absolute Gasteiger partial charge is 0.309 e. The first-order valence-electron chi connectivity index (χ1n) is 22.5. The molecule has 308 valence electrons. The number of benzene rings is 10. The minimum Gasteiger partial charge on any atom is -0.309 e. The van der Waals surface area contributed by atoms with Gasteiger partial charge in [0, 0.05) is 43.7 Å². The average Bonchev–Trinajstić information content (AvgIpc) is 4.03. The molecule has 4 nitrogen and oxygen atoms in total. The maximum Gasteiger partial charge on any atom is 0.179 e. The predicted molar refractivity (Wildman–Crippen MR) is 278 cm³/mol. The molecule has 0 amide bonds. The predicted octanol–water partition coefficient (Wildman–Crippen LogP) is 12.2. The van der Waals surface area contributed by atoms with Crippen molar-refractivity contribution in [2.45, 2.75) is 0 Å². The topological polar surface area (TPSA) is 38.6 Å². The molecule has 0 saturated heterocycles.